The number of fused-ring (bicyclic) bond motifs is 2. The molecule has 4 rings (SSSR count). The number of likely N-dealkylation sites (tertiary alicyclic amines) is 1. The van der Waals surface area contributed by atoms with Crippen molar-refractivity contribution in [1.29, 1.82) is 5.26 Å². The van der Waals surface area contributed by atoms with Gasteiger partial charge in [-0.15, -0.1) is 0 Å². The van der Waals surface area contributed by atoms with E-state index in [2.05, 4.69) is 11.0 Å². The standard InChI is InChI=1S/C28H35N3O5/c1-30(28(32)33)27-21-10-11-22(27)18-31(17-21)14-4-5-24(20-8-6-19(16-29)7-9-20)36-23-12-13-25(34-2)26(15-23)35-3/h6-9,12-13,15,21-22,24,27H,4-5,10-11,14,17-18H2,1-3H3,(H,32,33). The molecule has 0 spiro atoms. The van der Waals surface area contributed by atoms with Crippen molar-refractivity contribution in [2.45, 2.75) is 37.8 Å². The fourth-order valence-electron chi connectivity index (χ4n) is 5.85. The van der Waals surface area contributed by atoms with Gasteiger partial charge in [0.1, 0.15) is 11.9 Å². The van der Waals surface area contributed by atoms with E-state index in [9.17, 15) is 15.2 Å². The largest absolute Gasteiger partial charge is 0.493 e. The van der Waals surface area contributed by atoms with Crippen molar-refractivity contribution in [2.24, 2.45) is 11.8 Å². The van der Waals surface area contributed by atoms with Crippen LogP contribution in [-0.2, 0) is 0 Å². The molecule has 36 heavy (non-hydrogen) atoms. The van der Waals surface area contributed by atoms with Gasteiger partial charge in [-0.2, -0.15) is 5.26 Å². The van der Waals surface area contributed by atoms with E-state index < -0.39 is 6.09 Å². The molecule has 2 aliphatic rings. The van der Waals surface area contributed by atoms with E-state index in [0.717, 1.165) is 50.9 Å². The average Bonchev–Trinajstić information content (AvgIpc) is 3.16. The zero-order valence-corrected chi connectivity index (χ0v) is 21.2. The van der Waals surface area contributed by atoms with Gasteiger partial charge in [0.15, 0.2) is 11.5 Å². The van der Waals surface area contributed by atoms with Crippen LogP contribution in [0.2, 0.25) is 0 Å². The average molecular weight is 494 g/mol. The number of ether oxygens (including phenoxy) is 3. The minimum atomic E-state index is -0.831. The van der Waals surface area contributed by atoms with E-state index in [1.54, 1.807) is 21.3 Å². The minimum absolute atomic E-state index is 0.138. The summed E-state index contributed by atoms with van der Waals surface area (Å²) >= 11 is 0. The highest BCUT2D eigenvalue weighted by molar-refractivity contribution is 5.65. The van der Waals surface area contributed by atoms with Crippen molar-refractivity contribution >= 4 is 6.09 Å². The number of methoxy groups -OCH3 is 2. The third-order valence-electron chi connectivity index (χ3n) is 7.59. The van der Waals surface area contributed by atoms with E-state index in [1.807, 2.05) is 42.5 Å². The van der Waals surface area contributed by atoms with E-state index in [-0.39, 0.29) is 12.1 Å². The fraction of sp³-hybridized carbons (Fsp3) is 0.500. The van der Waals surface area contributed by atoms with Crippen LogP contribution in [0.25, 0.3) is 0 Å². The number of benzene rings is 2. The van der Waals surface area contributed by atoms with Crippen LogP contribution in [0.5, 0.6) is 17.2 Å². The summed E-state index contributed by atoms with van der Waals surface area (Å²) in [5, 5.41) is 18.6. The number of nitriles is 1. The maximum atomic E-state index is 11.5. The molecule has 2 aromatic rings. The fourth-order valence-corrected chi connectivity index (χ4v) is 5.85. The molecule has 2 fully saturated rings. The van der Waals surface area contributed by atoms with Gasteiger partial charge < -0.3 is 29.1 Å². The van der Waals surface area contributed by atoms with Crippen LogP contribution >= 0.6 is 0 Å². The molecule has 8 nitrogen and oxygen atoms in total. The molecular formula is C28H35N3O5. The molecule has 1 amide bonds. The van der Waals surface area contributed by atoms with Crippen LogP contribution in [0.15, 0.2) is 42.5 Å². The molecule has 192 valence electrons. The molecular weight excluding hydrogens is 458 g/mol. The molecule has 0 radical (unpaired) electrons. The van der Waals surface area contributed by atoms with Crippen molar-refractivity contribution in [1.82, 2.24) is 9.80 Å². The maximum absolute atomic E-state index is 11.5. The summed E-state index contributed by atoms with van der Waals surface area (Å²) in [4.78, 5) is 15.5. The molecule has 1 N–H and O–H groups in total. The van der Waals surface area contributed by atoms with Gasteiger partial charge in [0, 0.05) is 32.2 Å². The number of nitrogens with zero attached hydrogens (tertiary/aromatic N) is 3. The Bertz CT molecular complexity index is 1070. The van der Waals surface area contributed by atoms with Gasteiger partial charge in [-0.05, 0) is 73.9 Å². The van der Waals surface area contributed by atoms with Crippen molar-refractivity contribution < 1.29 is 24.1 Å². The first-order valence-electron chi connectivity index (χ1n) is 12.5. The highest BCUT2D eigenvalue weighted by Crippen LogP contribution is 2.40. The highest BCUT2D eigenvalue weighted by atomic mass is 16.5. The van der Waals surface area contributed by atoms with Crippen molar-refractivity contribution in [3.8, 4) is 23.3 Å². The summed E-state index contributed by atoms with van der Waals surface area (Å²) in [7, 11) is 4.92. The van der Waals surface area contributed by atoms with E-state index >= 15 is 0 Å². The molecule has 2 bridgehead atoms. The maximum Gasteiger partial charge on any atom is 0.407 e. The smallest absolute Gasteiger partial charge is 0.407 e. The second kappa shape index (κ2) is 11.5. The number of amides is 1. The Hall–Kier alpha value is -3.44. The van der Waals surface area contributed by atoms with Crippen molar-refractivity contribution in [3.05, 3.63) is 53.6 Å². The van der Waals surface area contributed by atoms with Gasteiger partial charge in [-0.1, -0.05) is 12.1 Å². The molecule has 2 aromatic carbocycles. The van der Waals surface area contributed by atoms with Crippen LogP contribution < -0.4 is 14.2 Å². The van der Waals surface area contributed by atoms with Crippen molar-refractivity contribution in [3.63, 3.8) is 0 Å². The van der Waals surface area contributed by atoms with Gasteiger partial charge in [0.25, 0.3) is 0 Å². The van der Waals surface area contributed by atoms with Gasteiger partial charge in [0.2, 0.25) is 0 Å². The first-order chi connectivity index (χ1) is 17.4. The lowest BCUT2D eigenvalue weighted by molar-refractivity contribution is 0.0570. The summed E-state index contributed by atoms with van der Waals surface area (Å²) in [6.45, 7) is 2.83. The van der Waals surface area contributed by atoms with Crippen LogP contribution in [0, 0.1) is 23.2 Å². The van der Waals surface area contributed by atoms with Crippen LogP contribution in [0.1, 0.15) is 42.9 Å². The quantitative estimate of drug-likeness (QED) is 0.508. The molecule has 3 unspecified atom stereocenters. The minimum Gasteiger partial charge on any atom is -0.493 e. The van der Waals surface area contributed by atoms with Gasteiger partial charge in [-0.25, -0.2) is 4.79 Å². The molecule has 1 saturated heterocycles. The summed E-state index contributed by atoms with van der Waals surface area (Å²) in [6, 6.07) is 15.4. The highest BCUT2D eigenvalue weighted by Gasteiger charge is 2.45. The van der Waals surface area contributed by atoms with Crippen LogP contribution in [-0.4, -0.2) is 67.9 Å². The number of carboxylic acid groups (broad SMARTS) is 1. The first kappa shape index (κ1) is 25.6. The molecule has 3 atom stereocenters. The SMILES string of the molecule is COc1ccc(OC(CCCN2CC3CCC(C2)C3N(C)C(=O)O)c2ccc(C#N)cc2)cc1OC. The number of carbonyl (C=O) groups is 1. The zero-order chi connectivity index (χ0) is 25.7. The second-order valence-corrected chi connectivity index (χ2v) is 9.74. The normalized spacial score (nSPS) is 21.9. The predicted octanol–water partition coefficient (Wildman–Crippen LogP) is 4.80. The molecule has 0 aromatic heterocycles. The predicted molar refractivity (Wildman–Crippen MR) is 136 cm³/mol. The summed E-state index contributed by atoms with van der Waals surface area (Å²) < 4.78 is 17.2. The number of piperidine rings is 1. The lowest BCUT2D eigenvalue weighted by Gasteiger charge is -2.41. The molecule has 1 heterocycles. The number of rotatable bonds is 10. The third-order valence-corrected chi connectivity index (χ3v) is 7.59. The lowest BCUT2D eigenvalue weighted by atomic mass is 9.91. The summed E-state index contributed by atoms with van der Waals surface area (Å²) in [6.07, 6.45) is 2.94. The molecule has 8 heteroatoms. The molecule has 1 aliphatic heterocycles. The third kappa shape index (κ3) is 5.68. The number of hydrogen-bond donors (Lipinski definition) is 1. The Morgan fingerprint density at radius 1 is 1.11 bits per heavy atom. The number of hydrogen-bond acceptors (Lipinski definition) is 6. The Kier molecular flexibility index (Phi) is 8.21. The monoisotopic (exact) mass is 493 g/mol. The Labute approximate surface area is 213 Å². The zero-order valence-electron chi connectivity index (χ0n) is 21.2. The Morgan fingerprint density at radius 3 is 2.36 bits per heavy atom. The summed E-state index contributed by atoms with van der Waals surface area (Å²) in [5.41, 5.74) is 1.64. The van der Waals surface area contributed by atoms with Crippen LogP contribution in [0.4, 0.5) is 4.79 Å². The Morgan fingerprint density at radius 2 is 1.78 bits per heavy atom. The topological polar surface area (TPSA) is 95.3 Å². The van der Waals surface area contributed by atoms with Crippen molar-refractivity contribution in [2.75, 3.05) is 40.9 Å². The lowest BCUT2D eigenvalue weighted by Crippen LogP contribution is -2.53. The van der Waals surface area contributed by atoms with Gasteiger partial charge >= 0.3 is 6.09 Å². The van der Waals surface area contributed by atoms with Gasteiger partial charge in [0.05, 0.1) is 25.9 Å². The summed E-state index contributed by atoms with van der Waals surface area (Å²) in [5.74, 6) is 2.76. The molecule has 1 saturated carbocycles. The van der Waals surface area contributed by atoms with E-state index in [0.29, 0.717) is 34.6 Å². The Balaban J connectivity index is 1.41. The van der Waals surface area contributed by atoms with Gasteiger partial charge in [-0.3, -0.25) is 0 Å². The first-order valence-corrected chi connectivity index (χ1v) is 12.5. The van der Waals surface area contributed by atoms with E-state index in [1.165, 1.54) is 4.90 Å². The van der Waals surface area contributed by atoms with E-state index in [4.69, 9.17) is 14.2 Å². The molecule has 1 aliphatic carbocycles. The second-order valence-electron chi connectivity index (χ2n) is 9.74. The van der Waals surface area contributed by atoms with Crippen LogP contribution in [0.3, 0.4) is 0 Å².